The van der Waals surface area contributed by atoms with Crippen LogP contribution in [0, 0.1) is 0 Å². The van der Waals surface area contributed by atoms with Crippen molar-refractivity contribution in [1.29, 1.82) is 0 Å². The number of amides is 2. The van der Waals surface area contributed by atoms with Crippen LogP contribution in [0.5, 0.6) is 0 Å². The van der Waals surface area contributed by atoms with Crippen molar-refractivity contribution in [3.63, 3.8) is 0 Å². The molecule has 1 heterocycles. The van der Waals surface area contributed by atoms with E-state index in [0.717, 1.165) is 5.69 Å². The van der Waals surface area contributed by atoms with Gasteiger partial charge in [0.25, 0.3) is 0 Å². The molecule has 2 N–H and O–H groups in total. The third-order valence-electron chi connectivity index (χ3n) is 3.79. The van der Waals surface area contributed by atoms with Crippen molar-refractivity contribution < 1.29 is 4.79 Å². The van der Waals surface area contributed by atoms with Gasteiger partial charge in [-0.3, -0.25) is 4.90 Å². The lowest BCUT2D eigenvalue weighted by molar-refractivity contribution is 0.219. The molecule has 0 aliphatic carbocycles. The molecule has 0 bridgehead atoms. The number of carbonyl (C=O) groups is 1. The molecule has 4 nitrogen and oxygen atoms in total. The van der Waals surface area contributed by atoms with Crippen molar-refractivity contribution in [2.75, 3.05) is 25.0 Å². The summed E-state index contributed by atoms with van der Waals surface area (Å²) in [6, 6.07) is 8.36. The van der Waals surface area contributed by atoms with Crippen LogP contribution >= 0.6 is 0 Å². The minimum absolute atomic E-state index is 0.0268. The first kappa shape index (κ1) is 13.9. The van der Waals surface area contributed by atoms with E-state index in [2.05, 4.69) is 32.9 Å². The first-order chi connectivity index (χ1) is 8.84. The Kier molecular flexibility index (Phi) is 3.54. The highest BCUT2D eigenvalue weighted by molar-refractivity contribution is 5.94. The number of hydrogen-bond donors (Lipinski definition) is 1. The van der Waals surface area contributed by atoms with Crippen LogP contribution in [0.1, 0.15) is 26.3 Å². The van der Waals surface area contributed by atoms with Gasteiger partial charge < -0.3 is 10.6 Å². The Morgan fingerprint density at radius 3 is 2.26 bits per heavy atom. The fraction of sp³-hybridized carbons (Fsp3) is 0.533. The summed E-state index contributed by atoms with van der Waals surface area (Å²) in [6.07, 6.45) is 0. The minimum Gasteiger partial charge on any atom is -0.328 e. The van der Waals surface area contributed by atoms with Crippen molar-refractivity contribution >= 4 is 11.7 Å². The van der Waals surface area contributed by atoms with Crippen molar-refractivity contribution in [1.82, 2.24) is 4.90 Å². The highest BCUT2D eigenvalue weighted by Gasteiger charge is 2.34. The van der Waals surface area contributed by atoms with Crippen LogP contribution in [-0.2, 0) is 5.41 Å². The molecule has 104 valence electrons. The molecule has 1 atom stereocenters. The summed E-state index contributed by atoms with van der Waals surface area (Å²) in [4.78, 5) is 15.7. The van der Waals surface area contributed by atoms with Crippen molar-refractivity contribution in [3.05, 3.63) is 29.8 Å². The molecule has 1 aromatic rings. The predicted molar refractivity (Wildman–Crippen MR) is 78.5 cm³/mol. The number of likely N-dealkylation sites (N-methyl/N-ethyl adjacent to an activating group) is 1. The van der Waals surface area contributed by atoms with Crippen LogP contribution in [0.25, 0.3) is 0 Å². The van der Waals surface area contributed by atoms with E-state index in [1.165, 1.54) is 5.56 Å². The van der Waals surface area contributed by atoms with Gasteiger partial charge in [0.15, 0.2) is 0 Å². The van der Waals surface area contributed by atoms with Gasteiger partial charge in [-0.15, -0.1) is 0 Å². The second-order valence-corrected chi connectivity index (χ2v) is 6.19. The number of benzene rings is 1. The van der Waals surface area contributed by atoms with Crippen LogP contribution < -0.4 is 10.6 Å². The van der Waals surface area contributed by atoms with E-state index in [0.29, 0.717) is 13.1 Å². The number of rotatable bonds is 2. The SMILES string of the molecule is CN1C(=O)N(c2ccc(C(C)(C)C)cc2)CC1CN. The van der Waals surface area contributed by atoms with Gasteiger partial charge in [-0.1, -0.05) is 32.9 Å². The number of nitrogens with two attached hydrogens (primary N) is 1. The smallest absolute Gasteiger partial charge is 0.324 e. The molecular formula is C15H23N3O. The van der Waals surface area contributed by atoms with Crippen molar-refractivity contribution in [2.24, 2.45) is 5.73 Å². The van der Waals surface area contributed by atoms with E-state index in [9.17, 15) is 4.79 Å². The predicted octanol–water partition coefficient (Wildman–Crippen LogP) is 2.18. The van der Waals surface area contributed by atoms with Gasteiger partial charge in [-0.2, -0.15) is 0 Å². The molecule has 2 amide bonds. The Morgan fingerprint density at radius 2 is 1.84 bits per heavy atom. The Balaban J connectivity index is 2.22. The monoisotopic (exact) mass is 261 g/mol. The van der Waals surface area contributed by atoms with Gasteiger partial charge in [0.1, 0.15) is 0 Å². The molecule has 1 aliphatic heterocycles. The summed E-state index contributed by atoms with van der Waals surface area (Å²) in [7, 11) is 1.81. The Bertz CT molecular complexity index is 461. The van der Waals surface area contributed by atoms with Crippen LogP contribution in [0.4, 0.5) is 10.5 Å². The van der Waals surface area contributed by atoms with E-state index in [1.54, 1.807) is 9.80 Å². The molecule has 1 fully saturated rings. The zero-order valence-electron chi connectivity index (χ0n) is 12.2. The number of carbonyl (C=O) groups excluding carboxylic acids is 1. The molecule has 0 aromatic heterocycles. The topological polar surface area (TPSA) is 49.6 Å². The lowest BCUT2D eigenvalue weighted by Crippen LogP contribution is -2.35. The molecule has 1 unspecified atom stereocenters. The number of nitrogens with zero attached hydrogens (tertiary/aromatic N) is 2. The molecule has 2 rings (SSSR count). The number of anilines is 1. The summed E-state index contributed by atoms with van der Waals surface area (Å²) >= 11 is 0. The lowest BCUT2D eigenvalue weighted by atomic mass is 9.87. The largest absolute Gasteiger partial charge is 0.328 e. The van der Waals surface area contributed by atoms with Crippen LogP contribution in [0.2, 0.25) is 0 Å². The third-order valence-corrected chi connectivity index (χ3v) is 3.79. The van der Waals surface area contributed by atoms with Crippen molar-refractivity contribution in [2.45, 2.75) is 32.2 Å². The van der Waals surface area contributed by atoms with E-state index in [-0.39, 0.29) is 17.5 Å². The average Bonchev–Trinajstić information content (AvgIpc) is 2.65. The summed E-state index contributed by atoms with van der Waals surface area (Å²) in [6.45, 7) is 7.71. The van der Waals surface area contributed by atoms with E-state index in [1.807, 2.05) is 19.2 Å². The number of hydrogen-bond acceptors (Lipinski definition) is 2. The van der Waals surface area contributed by atoms with Crippen LogP contribution in [0.3, 0.4) is 0 Å². The zero-order valence-corrected chi connectivity index (χ0v) is 12.2. The fourth-order valence-corrected chi connectivity index (χ4v) is 2.35. The molecule has 1 aromatic carbocycles. The van der Waals surface area contributed by atoms with Gasteiger partial charge in [0.05, 0.1) is 6.04 Å². The van der Waals surface area contributed by atoms with E-state index >= 15 is 0 Å². The van der Waals surface area contributed by atoms with E-state index in [4.69, 9.17) is 5.73 Å². The average molecular weight is 261 g/mol. The highest BCUT2D eigenvalue weighted by atomic mass is 16.2. The standard InChI is InChI=1S/C15H23N3O/c1-15(2,3)11-5-7-12(8-6-11)18-10-13(9-16)17(4)14(18)19/h5-8,13H,9-10,16H2,1-4H3. The maximum Gasteiger partial charge on any atom is 0.324 e. The highest BCUT2D eigenvalue weighted by Crippen LogP contribution is 2.27. The summed E-state index contributed by atoms with van der Waals surface area (Å²) in [5.74, 6) is 0. The molecule has 0 spiro atoms. The second kappa shape index (κ2) is 4.85. The maximum atomic E-state index is 12.2. The third kappa shape index (κ3) is 2.59. The van der Waals surface area contributed by atoms with Crippen LogP contribution in [-0.4, -0.2) is 37.1 Å². The minimum atomic E-state index is 0.0268. The Morgan fingerprint density at radius 1 is 1.26 bits per heavy atom. The van der Waals surface area contributed by atoms with Gasteiger partial charge >= 0.3 is 6.03 Å². The van der Waals surface area contributed by atoms with Gasteiger partial charge in [0, 0.05) is 25.8 Å². The van der Waals surface area contributed by atoms with Crippen LogP contribution in [0.15, 0.2) is 24.3 Å². The Labute approximate surface area is 115 Å². The second-order valence-electron chi connectivity index (χ2n) is 6.19. The normalized spacial score (nSPS) is 20.3. The number of urea groups is 1. The first-order valence-electron chi connectivity index (χ1n) is 6.69. The molecular weight excluding hydrogens is 238 g/mol. The fourth-order valence-electron chi connectivity index (χ4n) is 2.35. The lowest BCUT2D eigenvalue weighted by Gasteiger charge is -2.21. The molecule has 19 heavy (non-hydrogen) atoms. The molecule has 1 aliphatic rings. The summed E-state index contributed by atoms with van der Waals surface area (Å²) < 4.78 is 0. The maximum absolute atomic E-state index is 12.2. The van der Waals surface area contributed by atoms with Gasteiger partial charge in [-0.05, 0) is 23.1 Å². The van der Waals surface area contributed by atoms with Gasteiger partial charge in [0.2, 0.25) is 0 Å². The van der Waals surface area contributed by atoms with Gasteiger partial charge in [-0.25, -0.2) is 4.79 Å². The quantitative estimate of drug-likeness (QED) is 0.887. The van der Waals surface area contributed by atoms with Crippen molar-refractivity contribution in [3.8, 4) is 0 Å². The molecule has 0 saturated carbocycles. The Hall–Kier alpha value is -1.55. The summed E-state index contributed by atoms with van der Waals surface area (Å²) in [5, 5.41) is 0. The molecule has 0 radical (unpaired) electrons. The molecule has 4 heteroatoms. The molecule has 1 saturated heterocycles. The first-order valence-corrected chi connectivity index (χ1v) is 6.69. The summed E-state index contributed by atoms with van der Waals surface area (Å²) in [5.41, 5.74) is 8.03. The van der Waals surface area contributed by atoms with E-state index < -0.39 is 0 Å². The zero-order chi connectivity index (χ0) is 14.2.